The Morgan fingerprint density at radius 3 is 2.77 bits per heavy atom. The molecule has 1 aliphatic rings. The summed E-state index contributed by atoms with van der Waals surface area (Å²) in [6.07, 6.45) is 9.20. The van der Waals surface area contributed by atoms with E-state index in [2.05, 4.69) is 51.9 Å². The number of hydrazone groups is 1. The van der Waals surface area contributed by atoms with Gasteiger partial charge in [-0.3, -0.25) is 9.89 Å². The largest absolute Gasteiger partial charge is 0.292 e. The molecular weight excluding hydrogens is 324 g/mol. The summed E-state index contributed by atoms with van der Waals surface area (Å²) in [6, 6.07) is 8.46. The van der Waals surface area contributed by atoms with Gasteiger partial charge in [0.25, 0.3) is 5.91 Å². The van der Waals surface area contributed by atoms with Gasteiger partial charge in [-0.05, 0) is 50.2 Å². The van der Waals surface area contributed by atoms with Gasteiger partial charge < -0.3 is 0 Å². The number of amides is 1. The zero-order chi connectivity index (χ0) is 18.4. The van der Waals surface area contributed by atoms with E-state index in [9.17, 15) is 4.79 Å². The molecule has 0 unspecified atom stereocenters. The maximum Gasteiger partial charge on any atom is 0.292 e. The molecular formula is C21H28N4O. The second-order valence-corrected chi connectivity index (χ2v) is 7.03. The van der Waals surface area contributed by atoms with Gasteiger partial charge in [-0.15, -0.1) is 0 Å². The molecule has 0 saturated carbocycles. The number of aryl methyl sites for hydroxylation is 2. The molecule has 0 aliphatic heterocycles. The minimum Gasteiger partial charge on any atom is -0.281 e. The van der Waals surface area contributed by atoms with Crippen molar-refractivity contribution in [3.63, 3.8) is 0 Å². The molecule has 0 fully saturated rings. The zero-order valence-electron chi connectivity index (χ0n) is 15.8. The van der Waals surface area contributed by atoms with Crippen molar-refractivity contribution in [1.29, 1.82) is 0 Å². The average molecular weight is 352 g/mol. The molecule has 5 heteroatoms. The van der Waals surface area contributed by atoms with Crippen molar-refractivity contribution in [2.45, 2.75) is 65.2 Å². The predicted octanol–water partition coefficient (Wildman–Crippen LogP) is 4.18. The van der Waals surface area contributed by atoms with Gasteiger partial charge in [-0.1, -0.05) is 50.5 Å². The van der Waals surface area contributed by atoms with E-state index in [1.165, 1.54) is 31.2 Å². The van der Waals surface area contributed by atoms with Crippen LogP contribution in [0.3, 0.4) is 0 Å². The third-order valence-electron chi connectivity index (χ3n) is 5.04. The van der Waals surface area contributed by atoms with Gasteiger partial charge in [-0.25, -0.2) is 5.43 Å². The minimum absolute atomic E-state index is 0.240. The van der Waals surface area contributed by atoms with Gasteiger partial charge in [0.05, 0.1) is 5.71 Å². The summed E-state index contributed by atoms with van der Waals surface area (Å²) in [7, 11) is 0. The topological polar surface area (TPSA) is 70.1 Å². The van der Waals surface area contributed by atoms with E-state index in [1.807, 2.05) is 6.92 Å². The Morgan fingerprint density at radius 1 is 1.19 bits per heavy atom. The Hall–Kier alpha value is -2.43. The Bertz CT molecular complexity index is 774. The van der Waals surface area contributed by atoms with E-state index in [0.29, 0.717) is 5.69 Å². The number of carbonyl (C=O) groups is 1. The number of carbonyl (C=O) groups excluding carboxylic acids is 1. The molecule has 1 aliphatic carbocycles. The number of nitrogens with zero attached hydrogens (tertiary/aromatic N) is 2. The van der Waals surface area contributed by atoms with Crippen LogP contribution in [0.1, 0.15) is 78.8 Å². The number of fused-ring (bicyclic) bond motifs is 1. The van der Waals surface area contributed by atoms with Crippen LogP contribution >= 0.6 is 0 Å². The lowest BCUT2D eigenvalue weighted by molar-refractivity contribution is 0.0949. The van der Waals surface area contributed by atoms with Crippen LogP contribution < -0.4 is 5.43 Å². The second kappa shape index (κ2) is 8.79. The summed E-state index contributed by atoms with van der Waals surface area (Å²) in [5.74, 6) is -0.240. The fourth-order valence-electron chi connectivity index (χ4n) is 3.43. The Morgan fingerprint density at radius 2 is 2.00 bits per heavy atom. The molecule has 0 spiro atoms. The highest BCUT2D eigenvalue weighted by Gasteiger charge is 2.22. The van der Waals surface area contributed by atoms with E-state index >= 15 is 0 Å². The van der Waals surface area contributed by atoms with Gasteiger partial charge in [0.2, 0.25) is 0 Å². The van der Waals surface area contributed by atoms with Crippen LogP contribution in [0.4, 0.5) is 0 Å². The van der Waals surface area contributed by atoms with Gasteiger partial charge in [0.1, 0.15) is 0 Å². The lowest BCUT2D eigenvalue weighted by atomic mass is 10.0. The minimum atomic E-state index is -0.240. The molecule has 1 amide bonds. The van der Waals surface area contributed by atoms with Gasteiger partial charge in [0, 0.05) is 11.3 Å². The number of hydrogen-bond acceptors (Lipinski definition) is 3. The number of unbranched alkanes of at least 4 members (excludes halogenated alkanes) is 3. The summed E-state index contributed by atoms with van der Waals surface area (Å²) < 4.78 is 0. The first-order valence-corrected chi connectivity index (χ1v) is 9.69. The van der Waals surface area contributed by atoms with Gasteiger partial charge in [-0.2, -0.15) is 10.2 Å². The summed E-state index contributed by atoms with van der Waals surface area (Å²) in [6.45, 7) is 4.14. The zero-order valence-corrected chi connectivity index (χ0v) is 15.8. The molecule has 5 nitrogen and oxygen atoms in total. The molecule has 2 aromatic rings. The molecule has 1 heterocycles. The number of aromatic nitrogens is 2. The first-order chi connectivity index (χ1) is 12.7. The Labute approximate surface area is 155 Å². The summed E-state index contributed by atoms with van der Waals surface area (Å²) in [4.78, 5) is 12.3. The number of nitrogens with one attached hydrogen (secondary N) is 2. The van der Waals surface area contributed by atoms with E-state index in [1.54, 1.807) is 0 Å². The van der Waals surface area contributed by atoms with E-state index < -0.39 is 0 Å². The number of hydrogen-bond donors (Lipinski definition) is 2. The first kappa shape index (κ1) is 18.4. The average Bonchev–Trinajstić information content (AvgIpc) is 3.27. The standard InChI is InChI=1S/C21H28N4O/c1-3-4-5-6-8-16-11-13-17(14-12-16)15(2)22-25-21(26)20-18-9-7-10-19(18)23-24-20/h11-14H,3-10H2,1-2H3,(H,23,24)(H,25,26)/b22-15-. The summed E-state index contributed by atoms with van der Waals surface area (Å²) >= 11 is 0. The smallest absolute Gasteiger partial charge is 0.281 e. The van der Waals surface area contributed by atoms with Crippen molar-refractivity contribution in [2.24, 2.45) is 5.10 Å². The number of rotatable bonds is 8. The monoisotopic (exact) mass is 352 g/mol. The van der Waals surface area contributed by atoms with Crippen molar-refractivity contribution in [2.75, 3.05) is 0 Å². The van der Waals surface area contributed by atoms with Crippen LogP contribution in [0.25, 0.3) is 0 Å². The second-order valence-electron chi connectivity index (χ2n) is 7.03. The van der Waals surface area contributed by atoms with Crippen molar-refractivity contribution in [1.82, 2.24) is 15.6 Å². The predicted molar refractivity (Wildman–Crippen MR) is 105 cm³/mol. The Kier molecular flexibility index (Phi) is 6.21. The molecule has 3 rings (SSSR count). The van der Waals surface area contributed by atoms with Crippen molar-refractivity contribution >= 4 is 11.6 Å². The van der Waals surface area contributed by atoms with Crippen LogP contribution in [-0.2, 0) is 19.3 Å². The Balaban J connectivity index is 1.56. The fourth-order valence-corrected chi connectivity index (χ4v) is 3.43. The maximum atomic E-state index is 12.3. The van der Waals surface area contributed by atoms with Crippen molar-refractivity contribution in [3.05, 3.63) is 52.3 Å². The molecule has 0 bridgehead atoms. The lowest BCUT2D eigenvalue weighted by Gasteiger charge is -2.05. The van der Waals surface area contributed by atoms with E-state index in [4.69, 9.17) is 0 Å². The third-order valence-corrected chi connectivity index (χ3v) is 5.04. The normalized spacial score (nSPS) is 13.7. The van der Waals surface area contributed by atoms with Crippen molar-refractivity contribution < 1.29 is 4.79 Å². The highest BCUT2D eigenvalue weighted by Crippen LogP contribution is 2.22. The molecule has 0 saturated heterocycles. The van der Waals surface area contributed by atoms with Crippen molar-refractivity contribution in [3.8, 4) is 0 Å². The molecule has 1 aromatic carbocycles. The third kappa shape index (κ3) is 4.40. The fraction of sp³-hybridized carbons (Fsp3) is 0.476. The molecule has 2 N–H and O–H groups in total. The van der Waals surface area contributed by atoms with Crippen LogP contribution in [-0.4, -0.2) is 21.8 Å². The van der Waals surface area contributed by atoms with E-state index in [0.717, 1.165) is 48.2 Å². The number of H-pyrrole nitrogens is 1. The van der Waals surface area contributed by atoms with Gasteiger partial charge >= 0.3 is 0 Å². The van der Waals surface area contributed by atoms with Gasteiger partial charge in [0.15, 0.2) is 5.69 Å². The molecule has 0 radical (unpaired) electrons. The first-order valence-electron chi connectivity index (χ1n) is 9.69. The van der Waals surface area contributed by atoms with Crippen LogP contribution in [0.2, 0.25) is 0 Å². The highest BCUT2D eigenvalue weighted by atomic mass is 16.2. The maximum absolute atomic E-state index is 12.3. The number of benzene rings is 1. The summed E-state index contributed by atoms with van der Waals surface area (Å²) in [5.41, 5.74) is 8.43. The lowest BCUT2D eigenvalue weighted by Crippen LogP contribution is -2.21. The molecule has 1 aromatic heterocycles. The highest BCUT2D eigenvalue weighted by molar-refractivity contribution is 6.00. The molecule has 138 valence electrons. The number of aromatic amines is 1. The molecule has 0 atom stereocenters. The quantitative estimate of drug-likeness (QED) is 0.425. The van der Waals surface area contributed by atoms with Crippen LogP contribution in [0.15, 0.2) is 29.4 Å². The van der Waals surface area contributed by atoms with E-state index in [-0.39, 0.29) is 5.91 Å². The molecule has 26 heavy (non-hydrogen) atoms. The van der Waals surface area contributed by atoms with Crippen LogP contribution in [0.5, 0.6) is 0 Å². The van der Waals surface area contributed by atoms with Crippen LogP contribution in [0, 0.1) is 0 Å². The SMILES string of the molecule is CCCCCCc1ccc(/C(C)=N\NC(=O)c2n[nH]c3c2CCC3)cc1. The summed E-state index contributed by atoms with van der Waals surface area (Å²) in [5, 5.41) is 11.3.